The number of aryl methyl sites for hydroxylation is 5. The Morgan fingerprint density at radius 3 is 1.70 bits per heavy atom. The summed E-state index contributed by atoms with van der Waals surface area (Å²) in [5.41, 5.74) is 13.5. The molecule has 0 fully saturated rings. The van der Waals surface area contributed by atoms with Crippen molar-refractivity contribution in [3.63, 3.8) is 0 Å². The molecule has 0 spiro atoms. The lowest BCUT2D eigenvalue weighted by atomic mass is 9.99. The summed E-state index contributed by atoms with van der Waals surface area (Å²) in [5, 5.41) is 9.16. The first-order valence-corrected chi connectivity index (χ1v) is 11.6. The lowest BCUT2D eigenvalue weighted by Crippen LogP contribution is -2.14. The van der Waals surface area contributed by atoms with Crippen LogP contribution in [0.15, 0.2) is 78.9 Å². The summed E-state index contributed by atoms with van der Waals surface area (Å²) >= 11 is 0. The average Bonchev–Trinajstić information content (AvgIpc) is 2.78. The average molecular weight is 436 g/mol. The number of hydrogen-bond donors (Lipinski definition) is 1. The van der Waals surface area contributed by atoms with Gasteiger partial charge in [-0.3, -0.25) is 0 Å². The smallest absolute Gasteiger partial charge is 0.0520 e. The van der Waals surface area contributed by atoms with Gasteiger partial charge in [-0.2, -0.15) is 0 Å². The lowest BCUT2D eigenvalue weighted by Gasteiger charge is -2.30. The molecular weight excluding hydrogens is 402 g/mol. The van der Waals surface area contributed by atoms with Crippen molar-refractivity contribution in [1.29, 1.82) is 0 Å². The van der Waals surface area contributed by atoms with Crippen molar-refractivity contribution >= 4 is 17.1 Å². The van der Waals surface area contributed by atoms with Crippen molar-refractivity contribution in [2.45, 2.75) is 41.0 Å². The van der Waals surface area contributed by atoms with E-state index in [4.69, 9.17) is 5.11 Å². The van der Waals surface area contributed by atoms with Crippen molar-refractivity contribution in [2.24, 2.45) is 0 Å². The number of aliphatic hydroxyl groups excluding tert-OH is 1. The van der Waals surface area contributed by atoms with Gasteiger partial charge in [-0.05, 0) is 92.6 Å². The van der Waals surface area contributed by atoms with Gasteiger partial charge in [0, 0.05) is 18.0 Å². The first kappa shape index (κ1) is 22.8. The summed E-state index contributed by atoms with van der Waals surface area (Å²) in [6.45, 7) is 11.1. The summed E-state index contributed by atoms with van der Waals surface area (Å²) in [6, 6.07) is 28.5. The zero-order chi connectivity index (χ0) is 23.5. The van der Waals surface area contributed by atoms with Gasteiger partial charge in [0.15, 0.2) is 0 Å². The molecule has 0 atom stereocenters. The predicted octanol–water partition coefficient (Wildman–Crippen LogP) is 7.90. The Hall–Kier alpha value is -3.36. The van der Waals surface area contributed by atoms with Gasteiger partial charge in [-0.15, -0.1) is 0 Å². The molecule has 0 radical (unpaired) electrons. The number of benzene rings is 4. The maximum Gasteiger partial charge on any atom is 0.0520 e. The molecule has 0 amide bonds. The van der Waals surface area contributed by atoms with Crippen LogP contribution in [-0.2, 0) is 6.42 Å². The van der Waals surface area contributed by atoms with Gasteiger partial charge in [0.05, 0.1) is 5.69 Å². The van der Waals surface area contributed by atoms with Crippen molar-refractivity contribution in [1.82, 2.24) is 0 Å². The highest BCUT2D eigenvalue weighted by atomic mass is 16.2. The lowest BCUT2D eigenvalue weighted by molar-refractivity contribution is 0.299. The third-order valence-corrected chi connectivity index (χ3v) is 6.27. The summed E-state index contributed by atoms with van der Waals surface area (Å²) in [4.78, 5) is 2.40. The van der Waals surface area contributed by atoms with Crippen LogP contribution in [-0.4, -0.2) is 11.7 Å². The first-order chi connectivity index (χ1) is 15.9. The molecule has 0 aliphatic rings. The number of hydrogen-bond acceptors (Lipinski definition) is 2. The zero-order valence-electron chi connectivity index (χ0n) is 20.3. The van der Waals surface area contributed by atoms with Gasteiger partial charge >= 0.3 is 0 Å². The Bertz CT molecular complexity index is 1230. The third kappa shape index (κ3) is 4.86. The first-order valence-electron chi connectivity index (χ1n) is 11.6. The minimum atomic E-state index is 0.181. The fourth-order valence-corrected chi connectivity index (χ4v) is 4.77. The van der Waals surface area contributed by atoms with Crippen molar-refractivity contribution in [3.8, 4) is 11.1 Å². The van der Waals surface area contributed by atoms with Gasteiger partial charge < -0.3 is 10.0 Å². The molecule has 4 aromatic carbocycles. The van der Waals surface area contributed by atoms with E-state index in [-0.39, 0.29) is 6.61 Å². The highest BCUT2D eigenvalue weighted by molar-refractivity contribution is 5.83. The number of anilines is 3. The Morgan fingerprint density at radius 1 is 0.606 bits per heavy atom. The molecule has 2 heteroatoms. The van der Waals surface area contributed by atoms with E-state index in [9.17, 15) is 0 Å². The molecule has 33 heavy (non-hydrogen) atoms. The van der Waals surface area contributed by atoms with E-state index in [2.05, 4.69) is 118 Å². The predicted molar refractivity (Wildman–Crippen MR) is 141 cm³/mol. The molecule has 4 rings (SSSR count). The SMILES string of the molecule is Cc1ccc(N(c2ccc(-c3ccc(CCO)cc3)cc2)c2c(C)cc(C)cc2C)c(C)c1. The second-order valence-electron chi connectivity index (χ2n) is 9.09. The topological polar surface area (TPSA) is 23.5 Å². The van der Waals surface area contributed by atoms with Crippen molar-refractivity contribution < 1.29 is 5.11 Å². The minimum absolute atomic E-state index is 0.181. The molecule has 0 aliphatic heterocycles. The van der Waals surface area contributed by atoms with Crippen LogP contribution in [0.4, 0.5) is 17.1 Å². The monoisotopic (exact) mass is 435 g/mol. The van der Waals surface area contributed by atoms with Crippen LogP contribution < -0.4 is 4.90 Å². The highest BCUT2D eigenvalue weighted by Crippen LogP contribution is 2.41. The molecule has 168 valence electrons. The van der Waals surface area contributed by atoms with Gasteiger partial charge in [-0.1, -0.05) is 71.8 Å². The Balaban J connectivity index is 1.80. The van der Waals surface area contributed by atoms with Crippen LogP contribution in [0, 0.1) is 34.6 Å². The van der Waals surface area contributed by atoms with E-state index >= 15 is 0 Å². The van der Waals surface area contributed by atoms with Gasteiger partial charge in [0.2, 0.25) is 0 Å². The van der Waals surface area contributed by atoms with E-state index < -0.39 is 0 Å². The van der Waals surface area contributed by atoms with Gasteiger partial charge in [0.1, 0.15) is 0 Å². The molecule has 0 saturated carbocycles. The molecule has 0 heterocycles. The van der Waals surface area contributed by atoms with Crippen LogP contribution in [0.25, 0.3) is 11.1 Å². The minimum Gasteiger partial charge on any atom is -0.396 e. The quantitative estimate of drug-likeness (QED) is 0.333. The maximum atomic E-state index is 9.16. The summed E-state index contributed by atoms with van der Waals surface area (Å²) in [7, 11) is 0. The molecular formula is C31H33NO. The van der Waals surface area contributed by atoms with E-state index in [0.29, 0.717) is 6.42 Å². The number of nitrogens with zero attached hydrogens (tertiary/aromatic N) is 1. The van der Waals surface area contributed by atoms with Crippen molar-refractivity contribution in [2.75, 3.05) is 11.5 Å². The second kappa shape index (κ2) is 9.64. The van der Waals surface area contributed by atoms with Gasteiger partial charge in [0.25, 0.3) is 0 Å². The van der Waals surface area contributed by atoms with Crippen LogP contribution in [0.3, 0.4) is 0 Å². The molecule has 2 nitrogen and oxygen atoms in total. The fraction of sp³-hybridized carbons (Fsp3) is 0.226. The molecule has 1 N–H and O–H groups in total. The summed E-state index contributed by atoms with van der Waals surface area (Å²) in [6.07, 6.45) is 0.694. The van der Waals surface area contributed by atoms with E-state index in [1.165, 1.54) is 50.3 Å². The third-order valence-electron chi connectivity index (χ3n) is 6.27. The van der Waals surface area contributed by atoms with Crippen LogP contribution in [0.5, 0.6) is 0 Å². The molecule has 0 saturated heterocycles. The molecule has 0 aliphatic carbocycles. The maximum absolute atomic E-state index is 9.16. The second-order valence-corrected chi connectivity index (χ2v) is 9.09. The van der Waals surface area contributed by atoms with E-state index in [1.54, 1.807) is 0 Å². The van der Waals surface area contributed by atoms with Gasteiger partial charge in [-0.25, -0.2) is 0 Å². The largest absolute Gasteiger partial charge is 0.396 e. The van der Waals surface area contributed by atoms with Crippen LogP contribution in [0.1, 0.15) is 33.4 Å². The van der Waals surface area contributed by atoms with Crippen LogP contribution >= 0.6 is 0 Å². The Kier molecular flexibility index (Phi) is 6.67. The standard InChI is InChI=1S/C31H33NO/c1-21-6-15-30(23(3)18-21)32(31-24(4)19-22(2)20-25(31)5)29-13-11-28(12-14-29)27-9-7-26(8-10-27)16-17-33/h6-15,18-20,33H,16-17H2,1-5H3. The summed E-state index contributed by atoms with van der Waals surface area (Å²) < 4.78 is 0. The Morgan fingerprint density at radius 2 is 1.15 bits per heavy atom. The van der Waals surface area contributed by atoms with Crippen molar-refractivity contribution in [3.05, 3.63) is 112 Å². The number of aliphatic hydroxyl groups is 1. The fourth-order valence-electron chi connectivity index (χ4n) is 4.77. The zero-order valence-corrected chi connectivity index (χ0v) is 20.3. The molecule has 0 aromatic heterocycles. The molecule has 0 unspecified atom stereocenters. The molecule has 4 aromatic rings. The van der Waals surface area contributed by atoms with E-state index in [0.717, 1.165) is 11.3 Å². The molecule has 0 bridgehead atoms. The Labute approximate surface area is 198 Å². The van der Waals surface area contributed by atoms with Crippen LogP contribution in [0.2, 0.25) is 0 Å². The number of rotatable bonds is 6. The summed E-state index contributed by atoms with van der Waals surface area (Å²) in [5.74, 6) is 0. The van der Waals surface area contributed by atoms with E-state index in [1.807, 2.05) is 0 Å². The normalized spacial score (nSPS) is 11.0. The highest BCUT2D eigenvalue weighted by Gasteiger charge is 2.19.